The van der Waals surface area contributed by atoms with E-state index in [-0.39, 0.29) is 11.5 Å². The largest absolute Gasteiger partial charge is 0.390 e. The van der Waals surface area contributed by atoms with Crippen LogP contribution in [0.25, 0.3) is 0 Å². The van der Waals surface area contributed by atoms with E-state index in [1.807, 2.05) is 0 Å². The van der Waals surface area contributed by atoms with E-state index >= 15 is 0 Å². The van der Waals surface area contributed by atoms with Gasteiger partial charge in [0.25, 0.3) is 0 Å². The predicted molar refractivity (Wildman–Crippen MR) is 57.6 cm³/mol. The molecule has 1 aliphatic heterocycles. The highest BCUT2D eigenvalue weighted by atomic mass is 16.5. The Morgan fingerprint density at radius 3 is 2.53 bits per heavy atom. The van der Waals surface area contributed by atoms with E-state index in [1.54, 1.807) is 13.8 Å². The number of hydrogen-bond donors (Lipinski definition) is 2. The van der Waals surface area contributed by atoms with Gasteiger partial charge in [-0.3, -0.25) is 0 Å². The number of aliphatic hydroxyl groups excluding tert-OH is 1. The quantitative estimate of drug-likeness (QED) is 0.732. The molecule has 2 N–H and O–H groups in total. The van der Waals surface area contributed by atoms with Crippen LogP contribution < -0.4 is 0 Å². The van der Waals surface area contributed by atoms with Gasteiger partial charge in [-0.05, 0) is 51.9 Å². The topological polar surface area (TPSA) is 49.7 Å². The van der Waals surface area contributed by atoms with E-state index in [2.05, 4.69) is 0 Å². The second-order valence-corrected chi connectivity index (χ2v) is 5.74. The van der Waals surface area contributed by atoms with Gasteiger partial charge in [0.05, 0.1) is 17.3 Å². The minimum atomic E-state index is -0.993. The van der Waals surface area contributed by atoms with Gasteiger partial charge in [0.15, 0.2) is 0 Å². The van der Waals surface area contributed by atoms with Crippen molar-refractivity contribution in [2.45, 2.75) is 63.3 Å². The summed E-state index contributed by atoms with van der Waals surface area (Å²) in [4.78, 5) is 0. The summed E-state index contributed by atoms with van der Waals surface area (Å²) in [7, 11) is 0. The maximum atomic E-state index is 10.1. The first-order chi connectivity index (χ1) is 6.93. The third-order valence-electron chi connectivity index (χ3n) is 3.97. The van der Waals surface area contributed by atoms with E-state index in [9.17, 15) is 10.2 Å². The van der Waals surface area contributed by atoms with Crippen molar-refractivity contribution >= 4 is 0 Å². The molecule has 0 aromatic rings. The van der Waals surface area contributed by atoms with Gasteiger partial charge >= 0.3 is 0 Å². The molecule has 3 heteroatoms. The Morgan fingerprint density at radius 2 is 2.07 bits per heavy atom. The summed E-state index contributed by atoms with van der Waals surface area (Å²) >= 11 is 0. The van der Waals surface area contributed by atoms with Gasteiger partial charge in [-0.1, -0.05) is 0 Å². The van der Waals surface area contributed by atoms with Crippen LogP contribution in [-0.2, 0) is 4.74 Å². The Kier molecular flexibility index (Phi) is 2.82. The molecule has 0 radical (unpaired) electrons. The predicted octanol–water partition coefficient (Wildman–Crippen LogP) is 1.47. The van der Waals surface area contributed by atoms with Crippen molar-refractivity contribution in [3.63, 3.8) is 0 Å². The van der Waals surface area contributed by atoms with Crippen LogP contribution in [0.15, 0.2) is 0 Å². The van der Waals surface area contributed by atoms with E-state index in [0.29, 0.717) is 0 Å². The second kappa shape index (κ2) is 3.72. The molecule has 1 spiro atoms. The van der Waals surface area contributed by atoms with Crippen LogP contribution in [0.5, 0.6) is 0 Å². The Morgan fingerprint density at radius 1 is 1.40 bits per heavy atom. The molecule has 0 bridgehead atoms. The zero-order chi connectivity index (χ0) is 11.1. The Bertz CT molecular complexity index is 228. The molecule has 88 valence electrons. The Labute approximate surface area is 91.4 Å². The molecule has 1 saturated carbocycles. The van der Waals surface area contributed by atoms with Crippen LogP contribution in [0.3, 0.4) is 0 Å². The number of ether oxygens (including phenoxy) is 1. The lowest BCUT2D eigenvalue weighted by atomic mass is 9.69. The van der Waals surface area contributed by atoms with Crippen LogP contribution in [-0.4, -0.2) is 34.1 Å². The zero-order valence-corrected chi connectivity index (χ0v) is 9.70. The number of aliphatic hydroxyl groups is 2. The van der Waals surface area contributed by atoms with Crippen LogP contribution in [0.4, 0.5) is 0 Å². The van der Waals surface area contributed by atoms with Gasteiger partial charge in [-0.2, -0.15) is 0 Å². The molecule has 2 aliphatic rings. The number of hydrogen-bond acceptors (Lipinski definition) is 3. The van der Waals surface area contributed by atoms with Crippen molar-refractivity contribution < 1.29 is 14.9 Å². The van der Waals surface area contributed by atoms with Crippen molar-refractivity contribution in [2.75, 3.05) is 6.61 Å². The molecule has 3 nitrogen and oxygen atoms in total. The molecule has 2 atom stereocenters. The average molecular weight is 214 g/mol. The maximum absolute atomic E-state index is 10.1. The summed E-state index contributed by atoms with van der Waals surface area (Å²) in [6, 6.07) is 0. The zero-order valence-electron chi connectivity index (χ0n) is 9.70. The lowest BCUT2D eigenvalue weighted by Gasteiger charge is -2.49. The monoisotopic (exact) mass is 214 g/mol. The highest BCUT2D eigenvalue weighted by Crippen LogP contribution is 2.45. The highest BCUT2D eigenvalue weighted by molar-refractivity contribution is 4.97. The van der Waals surface area contributed by atoms with Gasteiger partial charge in [-0.15, -0.1) is 0 Å². The van der Waals surface area contributed by atoms with Crippen molar-refractivity contribution in [1.82, 2.24) is 0 Å². The van der Waals surface area contributed by atoms with Crippen LogP contribution >= 0.6 is 0 Å². The first-order valence-electron chi connectivity index (χ1n) is 5.97. The fraction of sp³-hybridized carbons (Fsp3) is 1.00. The lowest BCUT2D eigenvalue weighted by Crippen LogP contribution is -2.51. The fourth-order valence-electron chi connectivity index (χ4n) is 2.83. The standard InChI is InChI=1S/C12H22O3/c1-11(2,14)10(13)9-4-7-15-12(8-9)5-3-6-12/h9-10,13-14H,3-8H2,1-2H3. The van der Waals surface area contributed by atoms with Crippen LogP contribution in [0.1, 0.15) is 46.0 Å². The minimum absolute atomic E-state index is 0.0507. The molecule has 2 rings (SSSR count). The molecular weight excluding hydrogens is 192 g/mol. The van der Waals surface area contributed by atoms with Crippen molar-refractivity contribution in [3.8, 4) is 0 Å². The fourth-order valence-corrected chi connectivity index (χ4v) is 2.83. The first kappa shape index (κ1) is 11.4. The molecule has 1 aliphatic carbocycles. The third kappa shape index (κ3) is 2.19. The molecule has 2 unspecified atom stereocenters. The van der Waals surface area contributed by atoms with Crippen molar-refractivity contribution in [2.24, 2.45) is 5.92 Å². The Balaban J connectivity index is 1.98. The van der Waals surface area contributed by atoms with Gasteiger partial charge in [0.2, 0.25) is 0 Å². The van der Waals surface area contributed by atoms with E-state index < -0.39 is 11.7 Å². The molecule has 0 aromatic heterocycles. The molecule has 1 heterocycles. The summed E-state index contributed by atoms with van der Waals surface area (Å²) in [5.41, 5.74) is -0.942. The van der Waals surface area contributed by atoms with Crippen LogP contribution in [0, 0.1) is 5.92 Å². The minimum Gasteiger partial charge on any atom is -0.390 e. The second-order valence-electron chi connectivity index (χ2n) is 5.74. The van der Waals surface area contributed by atoms with Crippen LogP contribution in [0.2, 0.25) is 0 Å². The smallest absolute Gasteiger partial charge is 0.0852 e. The van der Waals surface area contributed by atoms with Gasteiger partial charge in [-0.25, -0.2) is 0 Å². The Hall–Kier alpha value is -0.120. The van der Waals surface area contributed by atoms with Gasteiger partial charge in [0, 0.05) is 6.61 Å². The lowest BCUT2D eigenvalue weighted by molar-refractivity contribution is -0.175. The molecule has 2 fully saturated rings. The first-order valence-corrected chi connectivity index (χ1v) is 5.97. The van der Waals surface area contributed by atoms with E-state index in [4.69, 9.17) is 4.74 Å². The van der Waals surface area contributed by atoms with Crippen molar-refractivity contribution in [3.05, 3.63) is 0 Å². The molecule has 0 amide bonds. The maximum Gasteiger partial charge on any atom is 0.0852 e. The molecule has 0 aromatic carbocycles. The summed E-state index contributed by atoms with van der Waals surface area (Å²) in [6.45, 7) is 4.10. The number of rotatable bonds is 2. The average Bonchev–Trinajstić information content (AvgIpc) is 2.13. The molecular formula is C12H22O3. The molecule has 1 saturated heterocycles. The summed E-state index contributed by atoms with van der Waals surface area (Å²) in [5, 5.41) is 19.9. The van der Waals surface area contributed by atoms with E-state index in [1.165, 1.54) is 6.42 Å². The van der Waals surface area contributed by atoms with Gasteiger partial charge < -0.3 is 14.9 Å². The van der Waals surface area contributed by atoms with E-state index in [0.717, 1.165) is 32.3 Å². The SMILES string of the molecule is CC(C)(O)C(O)C1CCOC2(CCC2)C1. The summed E-state index contributed by atoms with van der Waals surface area (Å²) < 4.78 is 5.80. The van der Waals surface area contributed by atoms with Crippen molar-refractivity contribution in [1.29, 1.82) is 0 Å². The molecule has 15 heavy (non-hydrogen) atoms. The summed E-state index contributed by atoms with van der Waals surface area (Å²) in [5.74, 6) is 0.194. The summed E-state index contributed by atoms with van der Waals surface area (Å²) in [6.07, 6.45) is 4.65. The third-order valence-corrected chi connectivity index (χ3v) is 3.97. The van der Waals surface area contributed by atoms with Gasteiger partial charge in [0.1, 0.15) is 0 Å². The highest BCUT2D eigenvalue weighted by Gasteiger charge is 2.46. The normalized spacial score (nSPS) is 32.4.